The van der Waals surface area contributed by atoms with Gasteiger partial charge in [-0.2, -0.15) is 0 Å². The number of phenolic OH excluding ortho intramolecular Hbond substituents is 1. The zero-order valence-electron chi connectivity index (χ0n) is 12.9. The monoisotopic (exact) mass is 348 g/mol. The van der Waals surface area contributed by atoms with Gasteiger partial charge in [0.1, 0.15) is 10.4 Å². The lowest BCUT2D eigenvalue weighted by Crippen LogP contribution is -2.31. The van der Waals surface area contributed by atoms with Gasteiger partial charge in [-0.1, -0.05) is 31.7 Å². The second kappa shape index (κ2) is 5.38. The quantitative estimate of drug-likeness (QED) is 0.912. The second-order valence-corrected chi connectivity index (χ2v) is 7.57. The Bertz CT molecular complexity index is 803. The number of benzene rings is 1. The number of nitrogens with zero attached hydrogens (tertiary/aromatic N) is 4. The molecule has 1 unspecified atom stereocenters. The fourth-order valence-corrected chi connectivity index (χ4v) is 4.91. The number of hydrogen-bond donors (Lipinski definition) is 1. The Kier molecular flexibility index (Phi) is 3.46. The minimum atomic E-state index is 0.0711. The molecule has 0 fully saturated rings. The Morgan fingerprint density at radius 3 is 2.87 bits per heavy atom. The van der Waals surface area contributed by atoms with Crippen molar-refractivity contribution >= 4 is 23.5 Å². The Morgan fingerprint density at radius 1 is 1.30 bits per heavy atom. The lowest BCUT2D eigenvalue weighted by Gasteiger charge is -2.26. The number of aromatic nitrogens is 3. The molecule has 2 aromatic rings. The van der Waals surface area contributed by atoms with Crippen molar-refractivity contribution in [3.05, 3.63) is 40.0 Å². The van der Waals surface area contributed by atoms with E-state index in [1.165, 1.54) is 0 Å². The number of thioether (sulfide) groups is 2. The number of ether oxygens (including phenoxy) is 1. The van der Waals surface area contributed by atoms with Crippen LogP contribution in [0.25, 0.3) is 0 Å². The summed E-state index contributed by atoms with van der Waals surface area (Å²) in [7, 11) is 1.56. The summed E-state index contributed by atoms with van der Waals surface area (Å²) < 4.78 is 7.34. The molecule has 0 saturated heterocycles. The molecule has 1 atom stereocenters. The molecule has 4 rings (SSSR count). The van der Waals surface area contributed by atoms with Gasteiger partial charge in [0.05, 0.1) is 7.11 Å². The first-order chi connectivity index (χ1) is 11.1. The van der Waals surface area contributed by atoms with Gasteiger partial charge in [0.2, 0.25) is 5.16 Å². The lowest BCUT2D eigenvalue weighted by molar-refractivity contribution is 0.373. The van der Waals surface area contributed by atoms with Gasteiger partial charge in [0, 0.05) is 11.3 Å². The van der Waals surface area contributed by atoms with Crippen LogP contribution in [0.5, 0.6) is 11.5 Å². The van der Waals surface area contributed by atoms with E-state index in [0.29, 0.717) is 5.75 Å². The van der Waals surface area contributed by atoms with Crippen molar-refractivity contribution in [1.29, 1.82) is 0 Å². The summed E-state index contributed by atoms with van der Waals surface area (Å²) >= 11 is 3.36. The molecule has 0 amide bonds. The van der Waals surface area contributed by atoms with Crippen molar-refractivity contribution in [2.45, 2.75) is 30.3 Å². The Labute approximate surface area is 142 Å². The van der Waals surface area contributed by atoms with E-state index < -0.39 is 0 Å². The molecular formula is C15H16N4O2S2. The van der Waals surface area contributed by atoms with Crippen LogP contribution in [0.4, 0.5) is 0 Å². The maximum atomic E-state index is 9.82. The van der Waals surface area contributed by atoms with Gasteiger partial charge < -0.3 is 9.84 Å². The van der Waals surface area contributed by atoms with Crippen molar-refractivity contribution in [2.24, 2.45) is 0 Å². The van der Waals surface area contributed by atoms with Crippen molar-refractivity contribution in [2.75, 3.05) is 12.1 Å². The molecule has 6 nitrogen and oxygen atoms in total. The molecule has 0 radical (unpaired) electrons. The van der Waals surface area contributed by atoms with Gasteiger partial charge in [-0.05, 0) is 29.5 Å². The molecule has 1 aromatic heterocycles. The van der Waals surface area contributed by atoms with E-state index in [-0.39, 0.29) is 17.0 Å². The van der Waals surface area contributed by atoms with Crippen LogP contribution in [0.3, 0.4) is 0 Å². The molecule has 120 valence electrons. The zero-order chi connectivity index (χ0) is 16.1. The number of hydrogen-bond acceptors (Lipinski definition) is 7. The van der Waals surface area contributed by atoms with Gasteiger partial charge in [0.15, 0.2) is 17.3 Å². The highest BCUT2D eigenvalue weighted by atomic mass is 32.2. The molecule has 3 heterocycles. The molecule has 2 aliphatic heterocycles. The minimum absolute atomic E-state index is 0.0711. The van der Waals surface area contributed by atoms with Crippen LogP contribution < -0.4 is 9.75 Å². The number of phenols is 1. The van der Waals surface area contributed by atoms with Gasteiger partial charge in [-0.25, -0.2) is 4.68 Å². The molecule has 1 aromatic carbocycles. The third-order valence-electron chi connectivity index (χ3n) is 3.80. The van der Waals surface area contributed by atoms with Crippen molar-refractivity contribution in [1.82, 2.24) is 14.9 Å². The van der Waals surface area contributed by atoms with Crippen LogP contribution in [0.15, 0.2) is 33.8 Å². The van der Waals surface area contributed by atoms with Crippen LogP contribution in [-0.4, -0.2) is 27.1 Å². The summed E-state index contributed by atoms with van der Waals surface area (Å²) in [4.78, 5) is 0. The van der Waals surface area contributed by atoms with Crippen LogP contribution in [0.2, 0.25) is 0 Å². The zero-order valence-corrected chi connectivity index (χ0v) is 14.6. The summed E-state index contributed by atoms with van der Waals surface area (Å²) in [5.41, 5.74) is 1.06. The topological polar surface area (TPSA) is 63.4 Å². The fraction of sp³-hybridized carbons (Fsp3) is 0.333. The standard InChI is InChI=1S/C15H16N4O2S2/c1-8(2)13-16-17-15-19(13)18-12(23-15)7-22-14(18)9-4-5-10(20)11(6-9)21-3/h4-8,14,20H,1-3H3. The summed E-state index contributed by atoms with van der Waals surface area (Å²) in [6.45, 7) is 4.23. The van der Waals surface area contributed by atoms with Crippen molar-refractivity contribution < 1.29 is 9.84 Å². The average molecular weight is 348 g/mol. The highest BCUT2D eigenvalue weighted by molar-refractivity contribution is 8.07. The van der Waals surface area contributed by atoms with Crippen molar-refractivity contribution in [3.8, 4) is 11.5 Å². The first-order valence-corrected chi connectivity index (χ1v) is 9.01. The van der Waals surface area contributed by atoms with Crippen LogP contribution >= 0.6 is 23.5 Å². The van der Waals surface area contributed by atoms with Gasteiger partial charge in [-0.3, -0.25) is 5.01 Å². The summed E-state index contributed by atoms with van der Waals surface area (Å²) in [6.07, 6.45) is 0. The number of fused-ring (bicyclic) bond motifs is 3. The molecule has 23 heavy (non-hydrogen) atoms. The normalized spacial score (nSPS) is 19.0. The first kappa shape index (κ1) is 14.8. The summed E-state index contributed by atoms with van der Waals surface area (Å²) in [5, 5.41) is 24.9. The molecule has 0 spiro atoms. The number of rotatable bonds is 3. The first-order valence-electron chi connectivity index (χ1n) is 7.25. The predicted molar refractivity (Wildman–Crippen MR) is 91.3 cm³/mol. The van der Waals surface area contributed by atoms with E-state index in [2.05, 4.69) is 39.1 Å². The third-order valence-corrected chi connectivity index (χ3v) is 5.99. The molecule has 8 heteroatoms. The fourth-order valence-electron chi connectivity index (χ4n) is 2.69. The molecule has 1 N–H and O–H groups in total. The largest absolute Gasteiger partial charge is 0.504 e. The van der Waals surface area contributed by atoms with Crippen LogP contribution in [-0.2, 0) is 0 Å². The number of methoxy groups -OCH3 is 1. The average Bonchev–Trinajstić information content (AvgIpc) is 3.18. The Balaban J connectivity index is 1.76. The van der Waals surface area contributed by atoms with Crippen molar-refractivity contribution in [3.63, 3.8) is 0 Å². The minimum Gasteiger partial charge on any atom is -0.504 e. The molecule has 0 aliphatic carbocycles. The van der Waals surface area contributed by atoms with E-state index in [0.717, 1.165) is 21.6 Å². The molecule has 0 saturated carbocycles. The maximum absolute atomic E-state index is 9.82. The Morgan fingerprint density at radius 2 is 2.13 bits per heavy atom. The number of aromatic hydroxyl groups is 1. The highest BCUT2D eigenvalue weighted by Crippen LogP contribution is 2.52. The summed E-state index contributed by atoms with van der Waals surface area (Å²) in [6, 6.07) is 5.48. The summed E-state index contributed by atoms with van der Waals surface area (Å²) in [5.74, 6) is 1.87. The maximum Gasteiger partial charge on any atom is 0.216 e. The molecule has 2 aliphatic rings. The SMILES string of the molecule is COc1cc(C2SC=C3Sc4nnc(C(C)C)n4N32)ccc1O. The second-order valence-electron chi connectivity index (χ2n) is 5.63. The van der Waals surface area contributed by atoms with Gasteiger partial charge in [0.25, 0.3) is 0 Å². The van der Waals surface area contributed by atoms with E-state index >= 15 is 0 Å². The third kappa shape index (κ3) is 2.20. The Hall–Kier alpha value is -1.80. The van der Waals surface area contributed by atoms with Gasteiger partial charge >= 0.3 is 0 Å². The van der Waals surface area contributed by atoms with Gasteiger partial charge in [-0.15, -0.1) is 10.2 Å². The van der Waals surface area contributed by atoms with E-state index in [9.17, 15) is 5.11 Å². The van der Waals surface area contributed by atoms with Crippen LogP contribution in [0.1, 0.15) is 36.5 Å². The smallest absolute Gasteiger partial charge is 0.216 e. The molecule has 0 bridgehead atoms. The predicted octanol–water partition coefficient (Wildman–Crippen LogP) is 3.40. The van der Waals surface area contributed by atoms with E-state index in [4.69, 9.17) is 4.74 Å². The van der Waals surface area contributed by atoms with E-state index in [1.807, 2.05) is 12.1 Å². The molecular weight excluding hydrogens is 332 g/mol. The lowest BCUT2D eigenvalue weighted by atomic mass is 10.2. The highest BCUT2D eigenvalue weighted by Gasteiger charge is 2.40. The van der Waals surface area contributed by atoms with E-state index in [1.54, 1.807) is 36.7 Å². The van der Waals surface area contributed by atoms with Crippen LogP contribution in [0, 0.1) is 0 Å².